The van der Waals surface area contributed by atoms with E-state index in [1.54, 1.807) is 0 Å². The van der Waals surface area contributed by atoms with Gasteiger partial charge in [0.15, 0.2) is 23.0 Å². The van der Waals surface area contributed by atoms with E-state index in [1.807, 2.05) is 18.2 Å². The lowest BCUT2D eigenvalue weighted by molar-refractivity contribution is 0.173. The number of aromatic nitrogens is 2. The van der Waals surface area contributed by atoms with Crippen LogP contribution in [-0.4, -0.2) is 28.0 Å². The van der Waals surface area contributed by atoms with Gasteiger partial charge in [0.05, 0.1) is 11.4 Å². The zero-order valence-corrected chi connectivity index (χ0v) is 25.5. The molecule has 0 unspecified atom stereocenters. The molecule has 1 aromatic heterocycles. The molecule has 0 atom stereocenters. The molecule has 5 aromatic rings. The lowest BCUT2D eigenvalue weighted by atomic mass is 10.1. The summed E-state index contributed by atoms with van der Waals surface area (Å²) < 4.78 is 25.0. The number of benzene rings is 4. The van der Waals surface area contributed by atoms with E-state index >= 15 is 0 Å². The van der Waals surface area contributed by atoms with Gasteiger partial charge in [0, 0.05) is 31.7 Å². The van der Waals surface area contributed by atoms with Crippen LogP contribution in [0.3, 0.4) is 0 Å². The second-order valence-corrected chi connectivity index (χ2v) is 11.4. The molecule has 0 saturated carbocycles. The summed E-state index contributed by atoms with van der Waals surface area (Å²) in [5.41, 5.74) is 6.75. The van der Waals surface area contributed by atoms with Crippen molar-refractivity contribution >= 4 is 12.2 Å². The van der Waals surface area contributed by atoms with Gasteiger partial charge in [-0.3, -0.25) is 4.90 Å². The van der Waals surface area contributed by atoms with Gasteiger partial charge in [0.1, 0.15) is 5.82 Å². The lowest BCUT2D eigenvalue weighted by Gasteiger charge is -2.24. The van der Waals surface area contributed by atoms with Gasteiger partial charge in [-0.15, -0.1) is 0 Å². The van der Waals surface area contributed by atoms with Crippen LogP contribution in [0, 0.1) is 0 Å². The molecule has 0 amide bonds. The fourth-order valence-corrected chi connectivity index (χ4v) is 5.88. The van der Waals surface area contributed by atoms with Crippen molar-refractivity contribution in [2.24, 2.45) is 0 Å². The minimum Gasteiger partial charge on any atom is -0.454 e. The quantitative estimate of drug-likeness (QED) is 0.144. The number of ether oxygens (including phenoxy) is 4. The molecule has 0 bridgehead atoms. The van der Waals surface area contributed by atoms with Gasteiger partial charge in [-0.25, -0.2) is 4.98 Å². The predicted molar refractivity (Wildman–Crippen MR) is 176 cm³/mol. The Morgan fingerprint density at radius 2 is 1.29 bits per heavy atom. The molecule has 7 nitrogen and oxygen atoms in total. The molecule has 4 aromatic carbocycles. The van der Waals surface area contributed by atoms with Crippen LogP contribution in [0.2, 0.25) is 0 Å². The van der Waals surface area contributed by atoms with Crippen LogP contribution in [0.25, 0.3) is 23.5 Å². The van der Waals surface area contributed by atoms with Crippen LogP contribution in [0.4, 0.5) is 0 Å². The summed E-state index contributed by atoms with van der Waals surface area (Å²) in [6.45, 7) is 5.77. The highest BCUT2D eigenvalue weighted by Gasteiger charge is 2.22. The summed E-state index contributed by atoms with van der Waals surface area (Å²) in [5.74, 6) is 4.17. The number of rotatable bonds is 12. The second-order valence-electron chi connectivity index (χ2n) is 11.4. The average molecular weight is 600 g/mol. The Hall–Kier alpha value is -5.01. The van der Waals surface area contributed by atoms with Crippen molar-refractivity contribution in [3.05, 3.63) is 125 Å². The zero-order chi connectivity index (χ0) is 30.4. The summed E-state index contributed by atoms with van der Waals surface area (Å²) >= 11 is 0. The molecule has 0 saturated heterocycles. The number of nitrogens with zero attached hydrogens (tertiary/aromatic N) is 3. The molecule has 0 aliphatic carbocycles. The minimum absolute atomic E-state index is 0.260. The topological polar surface area (TPSA) is 58.0 Å². The van der Waals surface area contributed by atoms with E-state index in [-0.39, 0.29) is 13.6 Å². The molecule has 45 heavy (non-hydrogen) atoms. The predicted octanol–water partition coefficient (Wildman–Crippen LogP) is 8.18. The highest BCUT2D eigenvalue weighted by atomic mass is 16.7. The fraction of sp³-hybridized carbons (Fsp3) is 0.237. The number of hydrogen-bond donors (Lipinski definition) is 0. The third-order valence-corrected chi connectivity index (χ3v) is 8.16. The standard InChI is InChI=1S/C38H37N3O4/c1-2-3-20-41-33(32(17-14-28-10-6-4-7-11-28)39-38(41)31-12-8-5-9-13-31)25-40(23-29-15-18-34-36(21-29)44-26-42-34)24-30-16-19-35-37(22-30)45-27-43-35/h4-19,21-22H,2-3,20,23-27H2,1H3/b17-14+. The number of fused-ring (bicyclic) bond motifs is 2. The Kier molecular flexibility index (Phi) is 8.51. The van der Waals surface area contributed by atoms with Gasteiger partial charge in [0.25, 0.3) is 0 Å². The maximum Gasteiger partial charge on any atom is 0.231 e. The van der Waals surface area contributed by atoms with E-state index < -0.39 is 0 Å². The molecule has 2 aliphatic heterocycles. The van der Waals surface area contributed by atoms with Gasteiger partial charge in [-0.05, 0) is 53.5 Å². The monoisotopic (exact) mass is 599 g/mol. The summed E-state index contributed by atoms with van der Waals surface area (Å²) in [4.78, 5) is 7.75. The third kappa shape index (κ3) is 6.59. The van der Waals surface area contributed by atoms with Crippen LogP contribution >= 0.6 is 0 Å². The van der Waals surface area contributed by atoms with Gasteiger partial charge in [-0.2, -0.15) is 0 Å². The van der Waals surface area contributed by atoms with Crippen molar-refractivity contribution in [1.82, 2.24) is 14.5 Å². The van der Waals surface area contributed by atoms with Crippen molar-refractivity contribution in [1.29, 1.82) is 0 Å². The van der Waals surface area contributed by atoms with Crippen molar-refractivity contribution < 1.29 is 18.9 Å². The van der Waals surface area contributed by atoms with E-state index in [4.69, 9.17) is 23.9 Å². The van der Waals surface area contributed by atoms with Gasteiger partial charge in [-0.1, -0.05) is 92.2 Å². The maximum absolute atomic E-state index is 5.72. The average Bonchev–Trinajstić information content (AvgIpc) is 3.82. The zero-order valence-electron chi connectivity index (χ0n) is 25.5. The number of hydrogen-bond acceptors (Lipinski definition) is 6. The second kappa shape index (κ2) is 13.3. The Morgan fingerprint density at radius 3 is 1.91 bits per heavy atom. The van der Waals surface area contributed by atoms with E-state index in [2.05, 4.69) is 107 Å². The Morgan fingerprint density at radius 1 is 0.689 bits per heavy atom. The fourth-order valence-electron chi connectivity index (χ4n) is 5.88. The molecular weight excluding hydrogens is 562 g/mol. The van der Waals surface area contributed by atoms with Crippen LogP contribution in [-0.2, 0) is 26.2 Å². The normalized spacial score (nSPS) is 13.3. The van der Waals surface area contributed by atoms with Crippen LogP contribution in [0.1, 0.15) is 47.8 Å². The van der Waals surface area contributed by atoms with Crippen molar-refractivity contribution in [2.75, 3.05) is 13.6 Å². The molecule has 228 valence electrons. The lowest BCUT2D eigenvalue weighted by Crippen LogP contribution is -2.24. The Labute approximate surface area is 264 Å². The highest BCUT2D eigenvalue weighted by Crippen LogP contribution is 2.35. The first-order chi connectivity index (χ1) is 22.2. The summed E-state index contributed by atoms with van der Waals surface area (Å²) in [5, 5.41) is 0. The molecule has 7 rings (SSSR count). The molecule has 0 spiro atoms. The van der Waals surface area contributed by atoms with Crippen LogP contribution in [0.15, 0.2) is 97.1 Å². The Balaban J connectivity index is 1.29. The smallest absolute Gasteiger partial charge is 0.231 e. The van der Waals surface area contributed by atoms with E-state index in [0.29, 0.717) is 19.6 Å². The van der Waals surface area contributed by atoms with E-state index in [0.717, 1.165) is 76.2 Å². The third-order valence-electron chi connectivity index (χ3n) is 8.16. The first kappa shape index (κ1) is 28.7. The molecule has 0 fully saturated rings. The van der Waals surface area contributed by atoms with E-state index in [1.165, 1.54) is 5.69 Å². The first-order valence-corrected chi connectivity index (χ1v) is 15.6. The highest BCUT2D eigenvalue weighted by molar-refractivity contribution is 5.71. The van der Waals surface area contributed by atoms with Crippen molar-refractivity contribution in [3.8, 4) is 34.4 Å². The minimum atomic E-state index is 0.260. The van der Waals surface area contributed by atoms with Crippen LogP contribution < -0.4 is 18.9 Å². The largest absolute Gasteiger partial charge is 0.454 e. The van der Waals surface area contributed by atoms with E-state index in [9.17, 15) is 0 Å². The summed E-state index contributed by atoms with van der Waals surface area (Å²) in [6.07, 6.45) is 6.48. The molecule has 7 heteroatoms. The first-order valence-electron chi connectivity index (χ1n) is 15.6. The molecule has 0 N–H and O–H groups in total. The SMILES string of the molecule is CCCCn1c(-c2ccccc2)nc(/C=C/c2ccccc2)c1CN(Cc1ccc2c(c1)OCO2)Cc1ccc2c(c1)OCO2. The van der Waals surface area contributed by atoms with Gasteiger partial charge in [0.2, 0.25) is 13.6 Å². The van der Waals surface area contributed by atoms with Crippen molar-refractivity contribution in [3.63, 3.8) is 0 Å². The molecule has 2 aliphatic rings. The molecule has 3 heterocycles. The maximum atomic E-state index is 5.72. The summed E-state index contributed by atoms with van der Waals surface area (Å²) in [6, 6.07) is 33.4. The number of imidazole rings is 1. The van der Waals surface area contributed by atoms with Crippen molar-refractivity contribution in [2.45, 2.75) is 45.9 Å². The van der Waals surface area contributed by atoms with Gasteiger partial charge < -0.3 is 23.5 Å². The Bertz CT molecular complexity index is 1720. The summed E-state index contributed by atoms with van der Waals surface area (Å²) in [7, 11) is 0. The molecule has 0 radical (unpaired) electrons. The number of unbranched alkanes of at least 4 members (excludes halogenated alkanes) is 1. The molecular formula is C38H37N3O4. The van der Waals surface area contributed by atoms with Crippen LogP contribution in [0.5, 0.6) is 23.0 Å². The van der Waals surface area contributed by atoms with Gasteiger partial charge >= 0.3 is 0 Å².